The van der Waals surface area contributed by atoms with Crippen molar-refractivity contribution in [2.24, 2.45) is 4.99 Å². The Morgan fingerprint density at radius 3 is 2.38 bits per heavy atom. The molecule has 178 valence electrons. The van der Waals surface area contributed by atoms with Crippen molar-refractivity contribution in [2.45, 2.75) is 54.9 Å². The predicted octanol–water partition coefficient (Wildman–Crippen LogP) is 8.50. The number of aryl methyl sites for hydroxylation is 2. The van der Waals surface area contributed by atoms with Gasteiger partial charge in [0, 0.05) is 11.8 Å². The molecule has 0 radical (unpaired) electrons. The minimum atomic E-state index is -0.308. The number of carbonyl (C=O) groups excluding carboxylic acids is 1. The Bertz CT molecular complexity index is 1250. The molecule has 0 aromatic heterocycles. The molecule has 3 rings (SSSR count). The molecule has 0 fully saturated rings. The van der Waals surface area contributed by atoms with Gasteiger partial charge >= 0.3 is 5.97 Å². The second kappa shape index (κ2) is 12.7. The third kappa shape index (κ3) is 5.91. The molecule has 3 heteroatoms. The first-order chi connectivity index (χ1) is 16.4. The van der Waals surface area contributed by atoms with Crippen LogP contribution in [0, 0.1) is 20.8 Å². The molecule has 0 aliphatic heterocycles. The van der Waals surface area contributed by atoms with Gasteiger partial charge in [0.15, 0.2) is 0 Å². The highest BCUT2D eigenvalue weighted by atomic mass is 16.5. The number of hydrogen-bond acceptors (Lipinski definition) is 3. The van der Waals surface area contributed by atoms with E-state index < -0.39 is 0 Å². The normalized spacial score (nSPS) is 12.0. The third-order valence-electron chi connectivity index (χ3n) is 5.81. The van der Waals surface area contributed by atoms with E-state index in [-0.39, 0.29) is 5.97 Å². The van der Waals surface area contributed by atoms with Crippen LogP contribution in [-0.4, -0.2) is 19.3 Å². The van der Waals surface area contributed by atoms with Crippen molar-refractivity contribution in [1.29, 1.82) is 0 Å². The highest BCUT2D eigenvalue weighted by molar-refractivity contribution is 6.06. The Morgan fingerprint density at radius 1 is 1.00 bits per heavy atom. The summed E-state index contributed by atoms with van der Waals surface area (Å²) in [5.41, 5.74) is 8.28. The van der Waals surface area contributed by atoms with Gasteiger partial charge < -0.3 is 4.74 Å². The predicted molar refractivity (Wildman–Crippen MR) is 148 cm³/mol. The number of benzene rings is 3. The maximum atomic E-state index is 12.3. The van der Waals surface area contributed by atoms with Gasteiger partial charge in [-0.1, -0.05) is 69.3 Å². The Kier molecular flexibility index (Phi) is 10.0. The topological polar surface area (TPSA) is 38.7 Å². The number of ether oxygens (including phenoxy) is 1. The summed E-state index contributed by atoms with van der Waals surface area (Å²) in [6.45, 7) is 14.3. The molecule has 0 aliphatic carbocycles. The molecule has 3 nitrogen and oxygen atoms in total. The lowest BCUT2D eigenvalue weighted by atomic mass is 9.92. The SMILES string of the molecule is C/C=C(N=CCC)/C(=C\c1ccc2c(C(=O)OC)c(C)ccc2c1)c1cccc(C)c1C.CC. The first kappa shape index (κ1) is 26.8. The molecule has 34 heavy (non-hydrogen) atoms. The van der Waals surface area contributed by atoms with Gasteiger partial charge in [0.2, 0.25) is 0 Å². The standard InChI is InChI=1S/C29H31NO2.C2H6/c1-7-16-30-27(8-2)26(24-11-9-10-19(3)21(24)5)18-22-13-15-25-23(17-22)14-12-20(4)28(25)29(31)32-6;1-2/h8-18H,7H2,1-6H3;1-2H3/b26-18-,27-8-,30-16?;. The molecule has 0 saturated heterocycles. The average molecular weight is 456 g/mol. The van der Waals surface area contributed by atoms with Gasteiger partial charge in [-0.05, 0) is 84.8 Å². The number of methoxy groups -OCH3 is 1. The minimum absolute atomic E-state index is 0.308. The van der Waals surface area contributed by atoms with Crippen molar-refractivity contribution in [1.82, 2.24) is 0 Å². The fourth-order valence-corrected chi connectivity index (χ4v) is 3.91. The number of esters is 1. The fraction of sp³-hybridized carbons (Fsp3) is 0.290. The Labute approximate surface area is 204 Å². The van der Waals surface area contributed by atoms with Crippen LogP contribution in [0.1, 0.15) is 72.3 Å². The summed E-state index contributed by atoms with van der Waals surface area (Å²) in [6.07, 6.45) is 7.06. The fourth-order valence-electron chi connectivity index (χ4n) is 3.91. The Balaban J connectivity index is 0.00000199. The highest BCUT2D eigenvalue weighted by Gasteiger charge is 2.15. The van der Waals surface area contributed by atoms with Gasteiger partial charge in [-0.25, -0.2) is 4.79 Å². The third-order valence-corrected chi connectivity index (χ3v) is 5.81. The van der Waals surface area contributed by atoms with Crippen LogP contribution in [0.5, 0.6) is 0 Å². The summed E-state index contributed by atoms with van der Waals surface area (Å²) in [6, 6.07) is 16.6. The highest BCUT2D eigenvalue weighted by Crippen LogP contribution is 2.32. The van der Waals surface area contributed by atoms with Crippen molar-refractivity contribution in [3.05, 3.63) is 93.7 Å². The minimum Gasteiger partial charge on any atom is -0.465 e. The van der Waals surface area contributed by atoms with Gasteiger partial charge in [0.05, 0.1) is 18.4 Å². The molecule has 3 aromatic carbocycles. The van der Waals surface area contributed by atoms with Crippen LogP contribution in [0.15, 0.2) is 65.3 Å². The number of nitrogens with zero attached hydrogens (tertiary/aromatic N) is 1. The van der Waals surface area contributed by atoms with Gasteiger partial charge in [0.1, 0.15) is 0 Å². The molecule has 0 atom stereocenters. The van der Waals surface area contributed by atoms with Crippen molar-refractivity contribution >= 4 is 34.6 Å². The van der Waals surface area contributed by atoms with Crippen LogP contribution in [0.4, 0.5) is 0 Å². The lowest BCUT2D eigenvalue weighted by Gasteiger charge is -2.14. The average Bonchev–Trinajstić information content (AvgIpc) is 2.86. The van der Waals surface area contributed by atoms with E-state index in [2.05, 4.69) is 69.3 Å². The zero-order chi connectivity index (χ0) is 25.3. The van der Waals surface area contributed by atoms with Crippen molar-refractivity contribution in [3.8, 4) is 0 Å². The zero-order valence-electron chi connectivity index (χ0n) is 21.8. The van der Waals surface area contributed by atoms with Gasteiger partial charge in [-0.15, -0.1) is 0 Å². The van der Waals surface area contributed by atoms with Crippen LogP contribution in [0.25, 0.3) is 22.4 Å². The molecule has 0 amide bonds. The second-order valence-corrected chi connectivity index (χ2v) is 7.93. The van der Waals surface area contributed by atoms with E-state index >= 15 is 0 Å². The van der Waals surface area contributed by atoms with Crippen LogP contribution in [0.3, 0.4) is 0 Å². The largest absolute Gasteiger partial charge is 0.465 e. The molecule has 3 aromatic rings. The summed E-state index contributed by atoms with van der Waals surface area (Å²) < 4.78 is 5.01. The summed E-state index contributed by atoms with van der Waals surface area (Å²) in [7, 11) is 1.42. The van der Waals surface area contributed by atoms with E-state index in [1.54, 1.807) is 0 Å². The molecule has 0 bridgehead atoms. The number of carbonyl (C=O) groups is 1. The van der Waals surface area contributed by atoms with Crippen molar-refractivity contribution < 1.29 is 9.53 Å². The molecule has 0 aliphatic rings. The number of fused-ring (bicyclic) bond motifs is 1. The second-order valence-electron chi connectivity index (χ2n) is 7.93. The first-order valence-electron chi connectivity index (χ1n) is 12.0. The van der Waals surface area contributed by atoms with E-state index in [4.69, 9.17) is 9.73 Å². The van der Waals surface area contributed by atoms with Gasteiger partial charge in [0.25, 0.3) is 0 Å². The van der Waals surface area contributed by atoms with Crippen LogP contribution in [-0.2, 0) is 4.74 Å². The van der Waals surface area contributed by atoms with Gasteiger partial charge in [-0.3, -0.25) is 4.99 Å². The number of aliphatic imine (C=N–C) groups is 1. The van der Waals surface area contributed by atoms with Crippen LogP contribution < -0.4 is 0 Å². The maximum Gasteiger partial charge on any atom is 0.338 e. The van der Waals surface area contributed by atoms with Crippen molar-refractivity contribution in [2.75, 3.05) is 7.11 Å². The van der Waals surface area contributed by atoms with E-state index in [9.17, 15) is 4.79 Å². The molecule has 0 N–H and O–H groups in total. The summed E-state index contributed by atoms with van der Waals surface area (Å²) in [5.74, 6) is -0.308. The lowest BCUT2D eigenvalue weighted by Crippen LogP contribution is -2.04. The lowest BCUT2D eigenvalue weighted by molar-refractivity contribution is 0.0602. The van der Waals surface area contributed by atoms with E-state index in [0.29, 0.717) is 5.56 Å². The number of allylic oxidation sites excluding steroid dienone is 2. The van der Waals surface area contributed by atoms with Crippen LogP contribution in [0.2, 0.25) is 0 Å². The number of rotatable bonds is 6. The Hall–Kier alpha value is -3.46. The van der Waals surface area contributed by atoms with E-state index in [0.717, 1.165) is 39.6 Å². The molecule has 0 heterocycles. The Morgan fingerprint density at radius 2 is 1.74 bits per heavy atom. The monoisotopic (exact) mass is 455 g/mol. The summed E-state index contributed by atoms with van der Waals surface area (Å²) in [5, 5.41) is 1.90. The van der Waals surface area contributed by atoms with E-state index in [1.807, 2.05) is 46.0 Å². The van der Waals surface area contributed by atoms with Crippen LogP contribution >= 0.6 is 0 Å². The maximum absolute atomic E-state index is 12.3. The van der Waals surface area contributed by atoms with Gasteiger partial charge in [-0.2, -0.15) is 0 Å². The molecular formula is C31H37NO2. The molecule has 0 saturated carbocycles. The summed E-state index contributed by atoms with van der Waals surface area (Å²) in [4.78, 5) is 17.1. The summed E-state index contributed by atoms with van der Waals surface area (Å²) >= 11 is 0. The number of hydrogen-bond donors (Lipinski definition) is 0. The van der Waals surface area contributed by atoms with Crippen molar-refractivity contribution in [3.63, 3.8) is 0 Å². The molecule has 0 unspecified atom stereocenters. The zero-order valence-corrected chi connectivity index (χ0v) is 21.8. The molecular weight excluding hydrogens is 418 g/mol. The smallest absolute Gasteiger partial charge is 0.338 e. The quantitative estimate of drug-likeness (QED) is 0.162. The molecule has 0 spiro atoms. The van der Waals surface area contributed by atoms with E-state index in [1.165, 1.54) is 23.8 Å². The first-order valence-corrected chi connectivity index (χ1v) is 12.0.